The van der Waals surface area contributed by atoms with Crippen LogP contribution in [0.1, 0.15) is 0 Å². The van der Waals surface area contributed by atoms with E-state index >= 15 is 0 Å². The lowest BCUT2D eigenvalue weighted by Crippen LogP contribution is -2.30. The Morgan fingerprint density at radius 3 is 2.69 bits per heavy atom. The Balaban J connectivity index is 2.49. The number of urea groups is 1. The van der Waals surface area contributed by atoms with Crippen LogP contribution >= 0.6 is 0 Å². The summed E-state index contributed by atoms with van der Waals surface area (Å²) in [6.45, 7) is 3.15. The molecule has 1 aromatic carbocycles. The van der Waals surface area contributed by atoms with E-state index in [2.05, 4.69) is 16.7 Å². The molecule has 16 heavy (non-hydrogen) atoms. The van der Waals surface area contributed by atoms with Crippen LogP contribution in [0.25, 0.3) is 0 Å². The summed E-state index contributed by atoms with van der Waals surface area (Å²) in [5.74, 6) is -0.875. The maximum absolute atomic E-state index is 11.1. The van der Waals surface area contributed by atoms with Crippen LogP contribution in [0.5, 0.6) is 5.75 Å². The molecule has 0 heterocycles. The Bertz CT molecular complexity index is 417. The fourth-order valence-electron chi connectivity index (χ4n) is 0.865. The minimum Gasteiger partial charge on any atom is -0.506 e. The van der Waals surface area contributed by atoms with Gasteiger partial charge in [0.15, 0.2) is 0 Å². The molecular formula is C10H10N2O4. The summed E-state index contributed by atoms with van der Waals surface area (Å²) in [5, 5.41) is 11.6. The zero-order valence-corrected chi connectivity index (χ0v) is 8.27. The molecule has 0 radical (unpaired) electrons. The number of hydroxylamine groups is 1. The summed E-state index contributed by atoms with van der Waals surface area (Å²) in [4.78, 5) is 26.0. The van der Waals surface area contributed by atoms with E-state index < -0.39 is 12.0 Å². The zero-order chi connectivity index (χ0) is 12.0. The molecule has 0 saturated heterocycles. The van der Waals surface area contributed by atoms with Crippen molar-refractivity contribution in [2.24, 2.45) is 0 Å². The first-order valence-electron chi connectivity index (χ1n) is 4.31. The monoisotopic (exact) mass is 222 g/mol. The van der Waals surface area contributed by atoms with Crippen molar-refractivity contribution in [2.75, 3.05) is 5.32 Å². The van der Waals surface area contributed by atoms with Crippen LogP contribution in [0.4, 0.5) is 10.5 Å². The molecule has 0 aliphatic carbocycles. The minimum absolute atomic E-state index is 0.0901. The average Bonchev–Trinajstić information content (AvgIpc) is 2.29. The lowest BCUT2D eigenvalue weighted by atomic mass is 10.3. The first-order valence-corrected chi connectivity index (χ1v) is 4.31. The third-order valence-electron chi connectivity index (χ3n) is 1.56. The molecule has 0 aliphatic rings. The normalized spacial score (nSPS) is 9.00. The largest absolute Gasteiger partial charge is 0.506 e. The Kier molecular flexibility index (Phi) is 3.90. The maximum Gasteiger partial charge on any atom is 0.355 e. The highest BCUT2D eigenvalue weighted by Gasteiger charge is 2.06. The number of benzene rings is 1. The highest BCUT2D eigenvalue weighted by Crippen LogP contribution is 2.20. The summed E-state index contributed by atoms with van der Waals surface area (Å²) in [6.07, 6.45) is 0.903. The van der Waals surface area contributed by atoms with Gasteiger partial charge in [-0.2, -0.15) is 5.48 Å². The predicted octanol–water partition coefficient (Wildman–Crippen LogP) is 1.16. The van der Waals surface area contributed by atoms with Gasteiger partial charge >= 0.3 is 12.0 Å². The Morgan fingerprint density at radius 2 is 2.06 bits per heavy atom. The Hall–Kier alpha value is -2.50. The van der Waals surface area contributed by atoms with E-state index in [-0.39, 0.29) is 11.4 Å². The van der Waals surface area contributed by atoms with Gasteiger partial charge in [0, 0.05) is 6.08 Å². The first-order chi connectivity index (χ1) is 7.63. The molecule has 84 valence electrons. The van der Waals surface area contributed by atoms with Gasteiger partial charge in [0.2, 0.25) is 0 Å². The number of phenolic OH excluding ortho intramolecular Hbond substituents is 1. The molecule has 1 rings (SSSR count). The van der Waals surface area contributed by atoms with E-state index in [1.807, 2.05) is 5.48 Å². The van der Waals surface area contributed by atoms with Crippen LogP contribution in [0.2, 0.25) is 0 Å². The molecule has 0 atom stereocenters. The quantitative estimate of drug-likeness (QED) is 0.398. The van der Waals surface area contributed by atoms with E-state index in [0.717, 1.165) is 6.08 Å². The Labute approximate surface area is 91.5 Å². The molecule has 3 N–H and O–H groups in total. The molecule has 0 saturated carbocycles. The molecule has 6 nitrogen and oxygen atoms in total. The number of carbonyl (C=O) groups is 2. The average molecular weight is 222 g/mol. The predicted molar refractivity (Wildman–Crippen MR) is 56.6 cm³/mol. The van der Waals surface area contributed by atoms with Gasteiger partial charge in [-0.25, -0.2) is 9.59 Å². The van der Waals surface area contributed by atoms with Crippen LogP contribution in [-0.4, -0.2) is 17.1 Å². The van der Waals surface area contributed by atoms with Gasteiger partial charge in [0.1, 0.15) is 5.75 Å². The summed E-state index contributed by atoms with van der Waals surface area (Å²) in [6, 6.07) is 5.35. The summed E-state index contributed by atoms with van der Waals surface area (Å²) in [5.41, 5.74) is 2.03. The highest BCUT2D eigenvalue weighted by atomic mass is 16.7. The number of rotatable bonds is 2. The summed E-state index contributed by atoms with van der Waals surface area (Å²) >= 11 is 0. The number of anilines is 1. The fraction of sp³-hybridized carbons (Fsp3) is 0. The van der Waals surface area contributed by atoms with Gasteiger partial charge in [-0.15, -0.1) is 0 Å². The van der Waals surface area contributed by atoms with Gasteiger partial charge in [-0.1, -0.05) is 18.7 Å². The molecule has 0 bridgehead atoms. The van der Waals surface area contributed by atoms with Crippen LogP contribution in [0, 0.1) is 0 Å². The number of hydrogen-bond donors (Lipinski definition) is 3. The van der Waals surface area contributed by atoms with Crippen molar-refractivity contribution >= 4 is 17.7 Å². The number of hydrogen-bond acceptors (Lipinski definition) is 4. The molecule has 2 amide bonds. The molecule has 6 heteroatoms. The Morgan fingerprint density at radius 1 is 1.38 bits per heavy atom. The van der Waals surface area contributed by atoms with Gasteiger partial charge in [0.05, 0.1) is 5.69 Å². The third-order valence-corrected chi connectivity index (χ3v) is 1.56. The van der Waals surface area contributed by atoms with Crippen LogP contribution in [0.15, 0.2) is 36.9 Å². The zero-order valence-electron chi connectivity index (χ0n) is 8.27. The van der Waals surface area contributed by atoms with E-state index in [9.17, 15) is 14.7 Å². The number of nitrogens with one attached hydrogen (secondary N) is 2. The number of carbonyl (C=O) groups excluding carboxylic acids is 2. The smallest absolute Gasteiger partial charge is 0.355 e. The molecule has 1 aromatic rings. The molecule has 0 spiro atoms. The standard InChI is InChI=1S/C10H10N2O4/c1-2-9(14)16-12-10(15)11-7-5-3-4-6-8(7)13/h2-6,13H,1H2,(H2,11,12,15). The van der Waals surface area contributed by atoms with Crippen molar-refractivity contribution in [1.82, 2.24) is 5.48 Å². The number of para-hydroxylation sites is 2. The van der Waals surface area contributed by atoms with E-state index in [1.165, 1.54) is 12.1 Å². The summed E-state index contributed by atoms with van der Waals surface area (Å²) < 4.78 is 0. The second kappa shape index (κ2) is 5.40. The SMILES string of the molecule is C=CC(=O)ONC(=O)Nc1ccccc1O. The van der Waals surface area contributed by atoms with Crippen molar-refractivity contribution in [3.05, 3.63) is 36.9 Å². The lowest BCUT2D eigenvalue weighted by molar-refractivity contribution is -0.142. The number of phenols is 1. The van der Waals surface area contributed by atoms with Crippen LogP contribution in [0.3, 0.4) is 0 Å². The third kappa shape index (κ3) is 3.33. The van der Waals surface area contributed by atoms with Gasteiger partial charge < -0.3 is 15.3 Å². The second-order valence-corrected chi connectivity index (χ2v) is 2.70. The van der Waals surface area contributed by atoms with Gasteiger partial charge in [-0.3, -0.25) is 0 Å². The maximum atomic E-state index is 11.1. The van der Waals surface area contributed by atoms with E-state index in [0.29, 0.717) is 0 Å². The van der Waals surface area contributed by atoms with Crippen molar-refractivity contribution in [1.29, 1.82) is 0 Å². The topological polar surface area (TPSA) is 87.7 Å². The fourth-order valence-corrected chi connectivity index (χ4v) is 0.865. The van der Waals surface area contributed by atoms with Crippen LogP contribution in [-0.2, 0) is 9.63 Å². The molecule has 0 aromatic heterocycles. The summed E-state index contributed by atoms with van der Waals surface area (Å²) in [7, 11) is 0. The van der Waals surface area contributed by atoms with E-state index in [4.69, 9.17) is 0 Å². The van der Waals surface area contributed by atoms with Crippen molar-refractivity contribution in [2.45, 2.75) is 0 Å². The molecule has 0 aliphatic heterocycles. The van der Waals surface area contributed by atoms with Crippen molar-refractivity contribution in [3.8, 4) is 5.75 Å². The molecular weight excluding hydrogens is 212 g/mol. The number of amides is 2. The lowest BCUT2D eigenvalue weighted by Gasteiger charge is -2.07. The first kappa shape index (κ1) is 11.6. The van der Waals surface area contributed by atoms with Crippen LogP contribution < -0.4 is 10.8 Å². The van der Waals surface area contributed by atoms with Crippen molar-refractivity contribution in [3.63, 3.8) is 0 Å². The minimum atomic E-state index is -0.785. The van der Waals surface area contributed by atoms with Gasteiger partial charge in [-0.05, 0) is 12.1 Å². The van der Waals surface area contributed by atoms with E-state index in [1.54, 1.807) is 12.1 Å². The molecule has 0 fully saturated rings. The number of aromatic hydroxyl groups is 1. The van der Waals surface area contributed by atoms with Crippen molar-refractivity contribution < 1.29 is 19.5 Å². The molecule has 0 unspecified atom stereocenters. The second-order valence-electron chi connectivity index (χ2n) is 2.70. The van der Waals surface area contributed by atoms with Gasteiger partial charge in [0.25, 0.3) is 0 Å². The highest BCUT2D eigenvalue weighted by molar-refractivity contribution is 5.91.